The van der Waals surface area contributed by atoms with Gasteiger partial charge in [0.2, 0.25) is 0 Å². The van der Waals surface area contributed by atoms with E-state index >= 15 is 0 Å². The molecule has 2 atom stereocenters. The third-order valence-corrected chi connectivity index (χ3v) is 4.73. The molecule has 1 aromatic heterocycles. The highest BCUT2D eigenvalue weighted by Crippen LogP contribution is 2.19. The first kappa shape index (κ1) is 19.4. The average Bonchev–Trinajstić information content (AvgIpc) is 2.85. The number of hydrogen-bond donors (Lipinski definition) is 2. The minimum absolute atomic E-state index is 0. The lowest BCUT2D eigenvalue weighted by atomic mass is 9.94. The first-order chi connectivity index (χ1) is 11.5. The van der Waals surface area contributed by atoms with Crippen LogP contribution in [0.1, 0.15) is 35.1 Å². The summed E-state index contributed by atoms with van der Waals surface area (Å²) in [5, 5.41) is 10.9. The number of rotatable bonds is 3. The van der Waals surface area contributed by atoms with Crippen LogP contribution in [0.5, 0.6) is 0 Å². The predicted octanol–water partition coefficient (Wildman–Crippen LogP) is 2.78. The second-order valence-corrected chi connectivity index (χ2v) is 6.48. The van der Waals surface area contributed by atoms with E-state index in [-0.39, 0.29) is 30.2 Å². The summed E-state index contributed by atoms with van der Waals surface area (Å²) in [6.45, 7) is 7.63. The van der Waals surface area contributed by atoms with Crippen molar-refractivity contribution in [3.05, 3.63) is 47.0 Å². The molecule has 0 bridgehead atoms. The van der Waals surface area contributed by atoms with Gasteiger partial charge in [0.05, 0.1) is 22.6 Å². The number of carbonyl (C=O) groups is 1. The van der Waals surface area contributed by atoms with Crippen molar-refractivity contribution in [3.8, 4) is 5.69 Å². The van der Waals surface area contributed by atoms with Crippen LogP contribution < -0.4 is 10.6 Å². The lowest BCUT2D eigenvalue weighted by molar-refractivity contribution is 0.0914. The highest BCUT2D eigenvalue weighted by Gasteiger charge is 2.26. The number of aromatic nitrogens is 2. The van der Waals surface area contributed by atoms with E-state index in [0.29, 0.717) is 17.2 Å². The summed E-state index contributed by atoms with van der Waals surface area (Å²) in [7, 11) is 0. The summed E-state index contributed by atoms with van der Waals surface area (Å²) in [4.78, 5) is 12.7. The molecule has 1 aliphatic rings. The fourth-order valence-corrected chi connectivity index (χ4v) is 3.23. The molecule has 1 amide bonds. The van der Waals surface area contributed by atoms with Crippen molar-refractivity contribution in [3.63, 3.8) is 0 Å². The van der Waals surface area contributed by atoms with Gasteiger partial charge >= 0.3 is 0 Å². The van der Waals surface area contributed by atoms with Gasteiger partial charge in [0.1, 0.15) is 5.82 Å². The number of halogens is 2. The zero-order valence-corrected chi connectivity index (χ0v) is 15.5. The summed E-state index contributed by atoms with van der Waals surface area (Å²) in [5.41, 5.74) is 2.76. The SMILES string of the molecule is Cc1nn(-c2ccc(F)cc2)c(C)c1C(=O)NC1CNCCC1C.Cl. The van der Waals surface area contributed by atoms with Crippen LogP contribution >= 0.6 is 12.4 Å². The molecule has 0 aliphatic carbocycles. The van der Waals surface area contributed by atoms with E-state index in [1.54, 1.807) is 16.8 Å². The molecule has 1 saturated heterocycles. The third-order valence-electron chi connectivity index (χ3n) is 4.73. The average molecular weight is 367 g/mol. The molecule has 2 aromatic rings. The van der Waals surface area contributed by atoms with Crippen LogP contribution in [0.2, 0.25) is 0 Å². The molecule has 2 unspecified atom stereocenters. The Labute approximate surface area is 153 Å². The number of piperidine rings is 1. The molecule has 0 radical (unpaired) electrons. The summed E-state index contributed by atoms with van der Waals surface area (Å²) < 4.78 is 14.8. The Kier molecular flexibility index (Phi) is 6.19. The minimum Gasteiger partial charge on any atom is -0.348 e. The first-order valence-corrected chi connectivity index (χ1v) is 8.31. The number of amides is 1. The van der Waals surface area contributed by atoms with Crippen molar-refractivity contribution in [2.75, 3.05) is 13.1 Å². The van der Waals surface area contributed by atoms with E-state index in [2.05, 4.69) is 22.7 Å². The number of carbonyl (C=O) groups excluding carboxylic acids is 1. The number of benzene rings is 1. The summed E-state index contributed by atoms with van der Waals surface area (Å²) in [6.07, 6.45) is 1.05. The quantitative estimate of drug-likeness (QED) is 0.878. The number of nitrogens with one attached hydrogen (secondary N) is 2. The van der Waals surface area contributed by atoms with Crippen LogP contribution in [0.3, 0.4) is 0 Å². The molecule has 5 nitrogen and oxygen atoms in total. The summed E-state index contributed by atoms with van der Waals surface area (Å²) >= 11 is 0. The highest BCUT2D eigenvalue weighted by atomic mass is 35.5. The van der Waals surface area contributed by atoms with Crippen molar-refractivity contribution in [1.82, 2.24) is 20.4 Å². The van der Waals surface area contributed by atoms with Gasteiger partial charge in [0.25, 0.3) is 5.91 Å². The van der Waals surface area contributed by atoms with E-state index in [4.69, 9.17) is 0 Å². The molecule has 2 N–H and O–H groups in total. The fourth-order valence-electron chi connectivity index (χ4n) is 3.23. The lowest BCUT2D eigenvalue weighted by Crippen LogP contribution is -2.50. The smallest absolute Gasteiger partial charge is 0.255 e. The normalized spacial score (nSPS) is 20.0. The molecule has 7 heteroatoms. The third kappa shape index (κ3) is 4.02. The topological polar surface area (TPSA) is 59.0 Å². The maximum Gasteiger partial charge on any atom is 0.255 e. The molecular formula is C18H24ClFN4O. The zero-order chi connectivity index (χ0) is 17.3. The van der Waals surface area contributed by atoms with Crippen LogP contribution in [0, 0.1) is 25.6 Å². The fraction of sp³-hybridized carbons (Fsp3) is 0.444. The second kappa shape index (κ2) is 7.97. The Hall–Kier alpha value is -1.92. The van der Waals surface area contributed by atoms with E-state index < -0.39 is 0 Å². The van der Waals surface area contributed by atoms with Crippen molar-refractivity contribution in [2.45, 2.75) is 33.2 Å². The van der Waals surface area contributed by atoms with Gasteiger partial charge in [-0.15, -0.1) is 12.4 Å². The molecule has 2 heterocycles. The van der Waals surface area contributed by atoms with Crippen molar-refractivity contribution in [1.29, 1.82) is 0 Å². The van der Waals surface area contributed by atoms with Crippen LogP contribution in [-0.2, 0) is 0 Å². The van der Waals surface area contributed by atoms with Gasteiger partial charge in [-0.3, -0.25) is 4.79 Å². The Balaban J connectivity index is 0.00000225. The van der Waals surface area contributed by atoms with E-state index in [1.165, 1.54) is 12.1 Å². The van der Waals surface area contributed by atoms with Crippen LogP contribution in [0.25, 0.3) is 5.69 Å². The van der Waals surface area contributed by atoms with Crippen LogP contribution in [-0.4, -0.2) is 34.8 Å². The van der Waals surface area contributed by atoms with Gasteiger partial charge in [-0.05, 0) is 57.0 Å². The number of nitrogens with zero attached hydrogens (tertiary/aromatic N) is 2. The number of aryl methyl sites for hydroxylation is 1. The van der Waals surface area contributed by atoms with Gasteiger partial charge in [-0.1, -0.05) is 6.92 Å². The van der Waals surface area contributed by atoms with Crippen molar-refractivity contribution < 1.29 is 9.18 Å². The van der Waals surface area contributed by atoms with Crippen molar-refractivity contribution >= 4 is 18.3 Å². The monoisotopic (exact) mass is 366 g/mol. The molecule has 3 rings (SSSR count). The molecular weight excluding hydrogens is 343 g/mol. The van der Waals surface area contributed by atoms with Gasteiger partial charge in [0.15, 0.2) is 0 Å². The Morgan fingerprint density at radius 3 is 2.64 bits per heavy atom. The van der Waals surface area contributed by atoms with Crippen LogP contribution in [0.15, 0.2) is 24.3 Å². The largest absolute Gasteiger partial charge is 0.348 e. The van der Waals surface area contributed by atoms with Gasteiger partial charge in [-0.25, -0.2) is 9.07 Å². The maximum atomic E-state index is 13.1. The molecule has 1 fully saturated rings. The Morgan fingerprint density at radius 2 is 2.00 bits per heavy atom. The summed E-state index contributed by atoms with van der Waals surface area (Å²) in [5.74, 6) is 0.0545. The van der Waals surface area contributed by atoms with Crippen molar-refractivity contribution in [2.24, 2.45) is 5.92 Å². The molecule has 136 valence electrons. The first-order valence-electron chi connectivity index (χ1n) is 8.31. The molecule has 25 heavy (non-hydrogen) atoms. The van der Waals surface area contributed by atoms with E-state index in [9.17, 15) is 9.18 Å². The lowest BCUT2D eigenvalue weighted by Gasteiger charge is -2.30. The minimum atomic E-state index is -0.294. The Bertz CT molecular complexity index is 744. The summed E-state index contributed by atoms with van der Waals surface area (Å²) in [6, 6.07) is 6.22. The van der Waals surface area contributed by atoms with Gasteiger partial charge in [-0.2, -0.15) is 5.10 Å². The maximum absolute atomic E-state index is 13.1. The van der Waals surface area contributed by atoms with E-state index in [0.717, 1.165) is 30.9 Å². The second-order valence-electron chi connectivity index (χ2n) is 6.48. The molecule has 0 saturated carbocycles. The standard InChI is InChI=1S/C18H23FN4O.ClH/c1-11-8-9-20-10-16(11)21-18(24)17-12(2)22-23(13(17)3)15-6-4-14(19)5-7-15;/h4-7,11,16,20H,8-10H2,1-3H3,(H,21,24);1H. The Morgan fingerprint density at radius 1 is 1.32 bits per heavy atom. The van der Waals surface area contributed by atoms with E-state index in [1.807, 2.05) is 13.8 Å². The van der Waals surface area contributed by atoms with Gasteiger partial charge < -0.3 is 10.6 Å². The highest BCUT2D eigenvalue weighted by molar-refractivity contribution is 5.96. The number of hydrogen-bond acceptors (Lipinski definition) is 3. The predicted molar refractivity (Wildman–Crippen MR) is 98.1 cm³/mol. The van der Waals surface area contributed by atoms with Gasteiger partial charge in [0, 0.05) is 12.6 Å². The molecule has 1 aliphatic heterocycles. The van der Waals surface area contributed by atoms with Crippen LogP contribution in [0.4, 0.5) is 4.39 Å². The molecule has 0 spiro atoms. The zero-order valence-electron chi connectivity index (χ0n) is 14.7. The molecule has 1 aromatic carbocycles.